The fourth-order valence-corrected chi connectivity index (χ4v) is 2.70. The van der Waals surface area contributed by atoms with E-state index in [4.69, 9.17) is 4.74 Å². The Hall–Kier alpha value is -0.410. The molecular formula is C12H21NO2. The first-order valence-corrected chi connectivity index (χ1v) is 6.08. The van der Waals surface area contributed by atoms with Crippen molar-refractivity contribution in [1.29, 1.82) is 0 Å². The predicted octanol–water partition coefficient (Wildman–Crippen LogP) is 1.47. The molecular weight excluding hydrogens is 190 g/mol. The molecule has 0 bridgehead atoms. The lowest BCUT2D eigenvalue weighted by Crippen LogP contribution is -2.40. The zero-order chi connectivity index (χ0) is 10.7. The van der Waals surface area contributed by atoms with Crippen LogP contribution in [0.2, 0.25) is 0 Å². The lowest BCUT2D eigenvalue weighted by Gasteiger charge is -2.32. The van der Waals surface area contributed by atoms with E-state index in [1.807, 2.05) is 0 Å². The Balaban J connectivity index is 1.79. The minimum Gasteiger partial charge on any atom is -0.381 e. The summed E-state index contributed by atoms with van der Waals surface area (Å²) in [7, 11) is 2.15. The first-order valence-electron chi connectivity index (χ1n) is 6.08. The van der Waals surface area contributed by atoms with Crippen molar-refractivity contribution in [3.8, 4) is 0 Å². The maximum absolute atomic E-state index is 11.5. The summed E-state index contributed by atoms with van der Waals surface area (Å²) in [5.41, 5.74) is 0. The lowest BCUT2D eigenvalue weighted by atomic mass is 10.0. The van der Waals surface area contributed by atoms with Gasteiger partial charge < -0.3 is 9.64 Å². The Morgan fingerprint density at radius 3 is 2.67 bits per heavy atom. The summed E-state index contributed by atoms with van der Waals surface area (Å²) in [5.74, 6) is 0.798. The molecule has 1 heterocycles. The van der Waals surface area contributed by atoms with Crippen molar-refractivity contribution < 1.29 is 9.53 Å². The topological polar surface area (TPSA) is 29.5 Å². The molecule has 2 aliphatic rings. The number of nitrogens with zero attached hydrogens (tertiary/aromatic N) is 1. The van der Waals surface area contributed by atoms with Crippen LogP contribution < -0.4 is 0 Å². The average molecular weight is 211 g/mol. The van der Waals surface area contributed by atoms with Crippen molar-refractivity contribution in [2.45, 2.75) is 38.1 Å². The summed E-state index contributed by atoms with van der Waals surface area (Å²) in [5, 5.41) is 0. The van der Waals surface area contributed by atoms with Crippen molar-refractivity contribution >= 4 is 5.78 Å². The van der Waals surface area contributed by atoms with Crippen molar-refractivity contribution in [1.82, 2.24) is 4.90 Å². The highest BCUT2D eigenvalue weighted by Crippen LogP contribution is 2.23. The van der Waals surface area contributed by atoms with E-state index in [0.717, 1.165) is 51.9 Å². The standard InChI is InChI=1S/C12H21NO2/c1-13(11-5-7-15-8-6-11)9-10-3-2-4-12(10)14/h10-11H,2-9H2,1H3. The lowest BCUT2D eigenvalue weighted by molar-refractivity contribution is -0.121. The summed E-state index contributed by atoms with van der Waals surface area (Å²) >= 11 is 0. The van der Waals surface area contributed by atoms with Crippen molar-refractivity contribution in [2.24, 2.45) is 5.92 Å². The molecule has 1 saturated carbocycles. The summed E-state index contributed by atoms with van der Waals surface area (Å²) in [6.07, 6.45) is 5.26. The molecule has 1 aliphatic carbocycles. The number of carbonyl (C=O) groups excluding carboxylic acids is 1. The van der Waals surface area contributed by atoms with Crippen molar-refractivity contribution in [3.63, 3.8) is 0 Å². The molecule has 1 saturated heterocycles. The van der Waals surface area contributed by atoms with E-state index in [1.54, 1.807) is 0 Å². The maximum atomic E-state index is 11.5. The highest BCUT2D eigenvalue weighted by molar-refractivity contribution is 5.83. The van der Waals surface area contributed by atoms with Gasteiger partial charge in [0.15, 0.2) is 0 Å². The normalized spacial score (nSPS) is 28.9. The Bertz CT molecular complexity index is 224. The van der Waals surface area contributed by atoms with Crippen LogP contribution in [0.25, 0.3) is 0 Å². The molecule has 3 nitrogen and oxygen atoms in total. The van der Waals surface area contributed by atoms with E-state index in [-0.39, 0.29) is 0 Å². The second-order valence-corrected chi connectivity index (χ2v) is 4.84. The Kier molecular flexibility index (Phi) is 3.76. The average Bonchev–Trinajstić information content (AvgIpc) is 2.66. The zero-order valence-corrected chi connectivity index (χ0v) is 9.58. The first kappa shape index (κ1) is 11.1. The summed E-state index contributed by atoms with van der Waals surface area (Å²) < 4.78 is 5.35. The molecule has 0 aromatic rings. The molecule has 15 heavy (non-hydrogen) atoms. The molecule has 0 aromatic carbocycles. The van der Waals surface area contributed by atoms with Crippen LogP contribution in [0.5, 0.6) is 0 Å². The number of rotatable bonds is 3. The van der Waals surface area contributed by atoms with Gasteiger partial charge in [0.05, 0.1) is 0 Å². The van der Waals surface area contributed by atoms with E-state index in [1.165, 1.54) is 0 Å². The molecule has 0 amide bonds. The Morgan fingerprint density at radius 2 is 2.07 bits per heavy atom. The van der Waals surface area contributed by atoms with E-state index in [9.17, 15) is 4.79 Å². The van der Waals surface area contributed by atoms with Crippen LogP contribution >= 0.6 is 0 Å². The van der Waals surface area contributed by atoms with Crippen LogP contribution in [-0.2, 0) is 9.53 Å². The molecule has 2 rings (SSSR count). The van der Waals surface area contributed by atoms with Gasteiger partial charge in [-0.2, -0.15) is 0 Å². The van der Waals surface area contributed by atoms with Gasteiger partial charge >= 0.3 is 0 Å². The summed E-state index contributed by atoms with van der Waals surface area (Å²) in [6, 6.07) is 0.632. The smallest absolute Gasteiger partial charge is 0.137 e. The SMILES string of the molecule is CN(CC1CCCC1=O)C1CCOCC1. The van der Waals surface area contributed by atoms with Gasteiger partial charge in [0.1, 0.15) is 5.78 Å². The van der Waals surface area contributed by atoms with Crippen LogP contribution in [0.15, 0.2) is 0 Å². The third kappa shape index (κ3) is 2.79. The van der Waals surface area contributed by atoms with Crippen molar-refractivity contribution in [2.75, 3.05) is 26.8 Å². The van der Waals surface area contributed by atoms with Gasteiger partial charge in [-0.15, -0.1) is 0 Å². The molecule has 2 fully saturated rings. The molecule has 0 spiro atoms. The quantitative estimate of drug-likeness (QED) is 0.708. The summed E-state index contributed by atoms with van der Waals surface area (Å²) in [4.78, 5) is 13.9. The molecule has 1 atom stereocenters. The molecule has 0 radical (unpaired) electrons. The molecule has 1 unspecified atom stereocenters. The first-order chi connectivity index (χ1) is 7.27. The van der Waals surface area contributed by atoms with E-state index in [2.05, 4.69) is 11.9 Å². The predicted molar refractivity (Wildman–Crippen MR) is 58.8 cm³/mol. The fraction of sp³-hybridized carbons (Fsp3) is 0.917. The van der Waals surface area contributed by atoms with Gasteiger partial charge in [-0.25, -0.2) is 0 Å². The number of hydrogen-bond donors (Lipinski definition) is 0. The minimum absolute atomic E-state index is 0.317. The largest absolute Gasteiger partial charge is 0.381 e. The van der Waals surface area contributed by atoms with Crippen LogP contribution in [-0.4, -0.2) is 43.5 Å². The van der Waals surface area contributed by atoms with Crippen LogP contribution in [0.3, 0.4) is 0 Å². The van der Waals surface area contributed by atoms with Crippen LogP contribution in [0.4, 0.5) is 0 Å². The van der Waals surface area contributed by atoms with E-state index >= 15 is 0 Å². The van der Waals surface area contributed by atoms with Gasteiger partial charge in [-0.1, -0.05) is 0 Å². The third-order valence-corrected chi connectivity index (χ3v) is 3.75. The van der Waals surface area contributed by atoms with Gasteiger partial charge in [-0.3, -0.25) is 4.79 Å². The molecule has 3 heteroatoms. The molecule has 0 aromatic heterocycles. The number of ketones is 1. The highest BCUT2D eigenvalue weighted by Gasteiger charge is 2.28. The van der Waals surface area contributed by atoms with E-state index < -0.39 is 0 Å². The van der Waals surface area contributed by atoms with Crippen LogP contribution in [0, 0.1) is 5.92 Å². The highest BCUT2D eigenvalue weighted by atomic mass is 16.5. The number of ether oxygens (including phenoxy) is 1. The van der Waals surface area contributed by atoms with Crippen LogP contribution in [0.1, 0.15) is 32.1 Å². The zero-order valence-electron chi connectivity index (χ0n) is 9.58. The second kappa shape index (κ2) is 5.08. The molecule has 0 N–H and O–H groups in total. The van der Waals surface area contributed by atoms with Gasteiger partial charge in [-0.05, 0) is 32.7 Å². The number of carbonyl (C=O) groups is 1. The summed E-state index contributed by atoms with van der Waals surface area (Å²) in [6.45, 7) is 2.73. The fourth-order valence-electron chi connectivity index (χ4n) is 2.70. The number of hydrogen-bond acceptors (Lipinski definition) is 3. The van der Waals surface area contributed by atoms with Crippen molar-refractivity contribution in [3.05, 3.63) is 0 Å². The Morgan fingerprint density at radius 1 is 1.33 bits per heavy atom. The maximum Gasteiger partial charge on any atom is 0.137 e. The number of Topliss-reactive ketones (excluding diaryl/α,β-unsaturated/α-hetero) is 1. The van der Waals surface area contributed by atoms with Gasteiger partial charge in [0.25, 0.3) is 0 Å². The monoisotopic (exact) mass is 211 g/mol. The van der Waals surface area contributed by atoms with Gasteiger partial charge in [0, 0.05) is 38.1 Å². The molecule has 1 aliphatic heterocycles. The molecule has 86 valence electrons. The second-order valence-electron chi connectivity index (χ2n) is 4.84. The van der Waals surface area contributed by atoms with Gasteiger partial charge in [0.2, 0.25) is 0 Å². The van der Waals surface area contributed by atoms with E-state index in [0.29, 0.717) is 17.7 Å². The minimum atomic E-state index is 0.317. The Labute approximate surface area is 91.8 Å². The third-order valence-electron chi connectivity index (χ3n) is 3.75.